The number of aryl methyl sites for hydroxylation is 1. The second-order valence-corrected chi connectivity index (χ2v) is 6.44. The Kier molecular flexibility index (Phi) is 4.45. The molecule has 2 heterocycles. The third kappa shape index (κ3) is 3.67. The predicted molar refractivity (Wildman–Crippen MR) is 81.9 cm³/mol. The van der Waals surface area contributed by atoms with Gasteiger partial charge in [0.25, 0.3) is 0 Å². The molecule has 1 N–H and O–H groups in total. The molecule has 0 radical (unpaired) electrons. The molecule has 1 saturated heterocycles. The summed E-state index contributed by atoms with van der Waals surface area (Å²) in [6.07, 6.45) is 8.27. The molecule has 1 aromatic heterocycles. The quantitative estimate of drug-likeness (QED) is 0.872. The SMILES string of the molecule is Cn1cc(CCNC(=O)C2CCN(C(=O)C3CC3)CC2)cn1. The highest BCUT2D eigenvalue weighted by Gasteiger charge is 2.35. The highest BCUT2D eigenvalue weighted by atomic mass is 16.2. The largest absolute Gasteiger partial charge is 0.356 e. The molecule has 2 amide bonds. The molecule has 1 aromatic rings. The van der Waals surface area contributed by atoms with Crippen LogP contribution in [0.4, 0.5) is 0 Å². The predicted octanol–water partition coefficient (Wildman–Crippen LogP) is 0.727. The molecule has 2 aliphatic rings. The lowest BCUT2D eigenvalue weighted by Gasteiger charge is -2.31. The number of carbonyl (C=O) groups is 2. The van der Waals surface area contributed by atoms with Gasteiger partial charge in [-0.25, -0.2) is 0 Å². The molecular weight excluding hydrogens is 280 g/mol. The molecule has 1 aliphatic heterocycles. The van der Waals surface area contributed by atoms with Crippen LogP contribution in [0.3, 0.4) is 0 Å². The highest BCUT2D eigenvalue weighted by Crippen LogP contribution is 2.32. The van der Waals surface area contributed by atoms with E-state index in [2.05, 4.69) is 10.4 Å². The number of piperidine rings is 1. The van der Waals surface area contributed by atoms with Gasteiger partial charge in [-0.15, -0.1) is 0 Å². The van der Waals surface area contributed by atoms with Crippen molar-refractivity contribution in [3.05, 3.63) is 18.0 Å². The topological polar surface area (TPSA) is 67.2 Å². The van der Waals surface area contributed by atoms with E-state index in [1.807, 2.05) is 24.3 Å². The maximum atomic E-state index is 12.2. The van der Waals surface area contributed by atoms with E-state index in [0.29, 0.717) is 12.5 Å². The smallest absolute Gasteiger partial charge is 0.225 e. The number of likely N-dealkylation sites (tertiary alicyclic amines) is 1. The first-order chi connectivity index (χ1) is 10.6. The minimum Gasteiger partial charge on any atom is -0.356 e. The lowest BCUT2D eigenvalue weighted by molar-refractivity contribution is -0.136. The molecule has 3 rings (SSSR count). The Morgan fingerprint density at radius 2 is 1.95 bits per heavy atom. The van der Waals surface area contributed by atoms with Gasteiger partial charge in [-0.1, -0.05) is 0 Å². The number of hydrogen-bond donors (Lipinski definition) is 1. The Hall–Kier alpha value is -1.85. The summed E-state index contributed by atoms with van der Waals surface area (Å²) in [5, 5.41) is 7.12. The zero-order valence-electron chi connectivity index (χ0n) is 13.1. The number of carbonyl (C=O) groups excluding carboxylic acids is 2. The lowest BCUT2D eigenvalue weighted by Crippen LogP contribution is -2.43. The number of hydrogen-bond acceptors (Lipinski definition) is 3. The van der Waals surface area contributed by atoms with Crippen LogP contribution in [-0.4, -0.2) is 46.1 Å². The normalized spacial score (nSPS) is 19.2. The van der Waals surface area contributed by atoms with E-state index in [-0.39, 0.29) is 17.7 Å². The van der Waals surface area contributed by atoms with Gasteiger partial charge in [-0.3, -0.25) is 14.3 Å². The van der Waals surface area contributed by atoms with Crippen molar-refractivity contribution in [1.82, 2.24) is 20.0 Å². The summed E-state index contributed by atoms with van der Waals surface area (Å²) in [6, 6.07) is 0. The summed E-state index contributed by atoms with van der Waals surface area (Å²) in [6.45, 7) is 2.11. The van der Waals surface area contributed by atoms with Crippen LogP contribution in [0, 0.1) is 11.8 Å². The third-order valence-electron chi connectivity index (χ3n) is 4.58. The molecule has 22 heavy (non-hydrogen) atoms. The average Bonchev–Trinajstić information content (AvgIpc) is 3.30. The maximum Gasteiger partial charge on any atom is 0.225 e. The van der Waals surface area contributed by atoms with E-state index in [4.69, 9.17) is 0 Å². The van der Waals surface area contributed by atoms with E-state index in [1.54, 1.807) is 4.68 Å². The zero-order chi connectivity index (χ0) is 15.5. The molecule has 1 saturated carbocycles. The van der Waals surface area contributed by atoms with Crippen molar-refractivity contribution in [3.63, 3.8) is 0 Å². The summed E-state index contributed by atoms with van der Waals surface area (Å²) in [4.78, 5) is 26.1. The van der Waals surface area contributed by atoms with Crippen molar-refractivity contribution < 1.29 is 9.59 Å². The van der Waals surface area contributed by atoms with Crippen molar-refractivity contribution >= 4 is 11.8 Å². The van der Waals surface area contributed by atoms with Crippen molar-refractivity contribution in [2.75, 3.05) is 19.6 Å². The first kappa shape index (κ1) is 15.1. The summed E-state index contributed by atoms with van der Waals surface area (Å²) in [5.41, 5.74) is 1.13. The molecule has 0 spiro atoms. The van der Waals surface area contributed by atoms with Gasteiger partial charge < -0.3 is 10.2 Å². The summed E-state index contributed by atoms with van der Waals surface area (Å²) >= 11 is 0. The van der Waals surface area contributed by atoms with Crippen LogP contribution in [0.15, 0.2) is 12.4 Å². The van der Waals surface area contributed by atoms with Crippen LogP contribution >= 0.6 is 0 Å². The number of amides is 2. The van der Waals surface area contributed by atoms with Gasteiger partial charge in [0, 0.05) is 44.7 Å². The minimum absolute atomic E-state index is 0.0529. The fraction of sp³-hybridized carbons (Fsp3) is 0.688. The van der Waals surface area contributed by atoms with E-state index in [0.717, 1.165) is 50.8 Å². The maximum absolute atomic E-state index is 12.2. The summed E-state index contributed by atoms with van der Waals surface area (Å²) < 4.78 is 1.77. The fourth-order valence-electron chi connectivity index (χ4n) is 3.03. The van der Waals surface area contributed by atoms with Gasteiger partial charge in [-0.05, 0) is 37.7 Å². The first-order valence-corrected chi connectivity index (χ1v) is 8.17. The molecular formula is C16H24N4O2. The fourth-order valence-corrected chi connectivity index (χ4v) is 3.03. The Morgan fingerprint density at radius 1 is 1.23 bits per heavy atom. The Balaban J connectivity index is 1.37. The van der Waals surface area contributed by atoms with Crippen molar-refractivity contribution in [1.29, 1.82) is 0 Å². The lowest BCUT2D eigenvalue weighted by atomic mass is 9.95. The second kappa shape index (κ2) is 6.50. The van der Waals surface area contributed by atoms with E-state index >= 15 is 0 Å². The molecule has 0 aromatic carbocycles. The van der Waals surface area contributed by atoms with Gasteiger partial charge in [0.1, 0.15) is 0 Å². The molecule has 0 atom stereocenters. The molecule has 1 aliphatic carbocycles. The first-order valence-electron chi connectivity index (χ1n) is 8.17. The number of nitrogens with zero attached hydrogens (tertiary/aromatic N) is 3. The van der Waals surface area contributed by atoms with E-state index in [1.165, 1.54) is 0 Å². The van der Waals surface area contributed by atoms with Gasteiger partial charge in [-0.2, -0.15) is 5.10 Å². The van der Waals surface area contributed by atoms with Gasteiger partial charge in [0.15, 0.2) is 0 Å². The average molecular weight is 304 g/mol. The van der Waals surface area contributed by atoms with Gasteiger partial charge >= 0.3 is 0 Å². The second-order valence-electron chi connectivity index (χ2n) is 6.44. The van der Waals surface area contributed by atoms with Crippen molar-refractivity contribution in [3.8, 4) is 0 Å². The summed E-state index contributed by atoms with van der Waals surface area (Å²) in [5.74, 6) is 0.764. The molecule has 2 fully saturated rings. The monoisotopic (exact) mass is 304 g/mol. The van der Waals surface area contributed by atoms with Crippen LogP contribution < -0.4 is 5.32 Å². The van der Waals surface area contributed by atoms with Gasteiger partial charge in [0.2, 0.25) is 11.8 Å². The van der Waals surface area contributed by atoms with Gasteiger partial charge in [0.05, 0.1) is 6.20 Å². The molecule has 120 valence electrons. The van der Waals surface area contributed by atoms with Crippen LogP contribution in [0.25, 0.3) is 0 Å². The number of rotatable bonds is 5. The minimum atomic E-state index is 0.0529. The zero-order valence-corrected chi connectivity index (χ0v) is 13.1. The van der Waals surface area contributed by atoms with Crippen LogP contribution in [0.5, 0.6) is 0 Å². The van der Waals surface area contributed by atoms with E-state index in [9.17, 15) is 9.59 Å². The number of nitrogens with one attached hydrogen (secondary N) is 1. The summed E-state index contributed by atoms with van der Waals surface area (Å²) in [7, 11) is 1.89. The Morgan fingerprint density at radius 3 is 2.55 bits per heavy atom. The van der Waals surface area contributed by atoms with Crippen molar-refractivity contribution in [2.24, 2.45) is 18.9 Å². The molecule has 6 heteroatoms. The van der Waals surface area contributed by atoms with Crippen LogP contribution in [0.2, 0.25) is 0 Å². The van der Waals surface area contributed by atoms with Crippen molar-refractivity contribution in [2.45, 2.75) is 32.1 Å². The molecule has 0 unspecified atom stereocenters. The highest BCUT2D eigenvalue weighted by molar-refractivity contribution is 5.82. The molecule has 6 nitrogen and oxygen atoms in total. The van der Waals surface area contributed by atoms with Crippen LogP contribution in [0.1, 0.15) is 31.2 Å². The molecule has 0 bridgehead atoms. The number of aromatic nitrogens is 2. The van der Waals surface area contributed by atoms with E-state index < -0.39 is 0 Å². The Bertz CT molecular complexity index is 542. The third-order valence-corrected chi connectivity index (χ3v) is 4.58. The Labute approximate surface area is 130 Å². The van der Waals surface area contributed by atoms with Crippen LogP contribution in [-0.2, 0) is 23.1 Å². The standard InChI is InChI=1S/C16H24N4O2/c1-19-11-12(10-18-19)4-7-17-15(21)13-5-8-20(9-6-13)16(22)14-2-3-14/h10-11,13-14H,2-9H2,1H3,(H,17,21).